The molecule has 7 rings (SSSR count). The molecule has 6 aromatic rings. The number of hydrogen-bond donors (Lipinski definition) is 2. The summed E-state index contributed by atoms with van der Waals surface area (Å²) in [6.07, 6.45) is 2.64. The first-order chi connectivity index (χ1) is 15.1. The lowest BCUT2D eigenvalue weighted by Crippen LogP contribution is -2.20. The first-order valence-electron chi connectivity index (χ1n) is 10.2. The van der Waals surface area contributed by atoms with E-state index in [-0.39, 0.29) is 11.0 Å². The minimum Gasteiger partial charge on any atom is -0.453 e. The van der Waals surface area contributed by atoms with Crippen LogP contribution in [0.15, 0.2) is 56.6 Å². The van der Waals surface area contributed by atoms with Gasteiger partial charge in [0.15, 0.2) is 16.7 Å². The third kappa shape index (κ3) is 2.00. The van der Waals surface area contributed by atoms with Crippen LogP contribution < -0.4 is 11.0 Å². The Morgan fingerprint density at radius 3 is 2.90 bits per heavy atom. The van der Waals surface area contributed by atoms with Crippen LogP contribution in [-0.4, -0.2) is 19.7 Å². The number of aromatic nitrogens is 4. The summed E-state index contributed by atoms with van der Waals surface area (Å²) in [7, 11) is 0. The van der Waals surface area contributed by atoms with Gasteiger partial charge in [0.2, 0.25) is 0 Å². The molecule has 31 heavy (non-hydrogen) atoms. The molecule has 0 radical (unpaired) electrons. The molecule has 0 atom stereocenters. The number of nitrogens with zero attached hydrogens (tertiary/aromatic N) is 2. The van der Waals surface area contributed by atoms with Crippen LogP contribution in [0.1, 0.15) is 11.1 Å². The Balaban J connectivity index is 1.72. The fraction of sp³-hybridized carbons (Fsp3) is 0.125. The molecule has 7 heteroatoms. The van der Waals surface area contributed by atoms with Gasteiger partial charge in [0.25, 0.3) is 5.56 Å². The molecule has 0 bridgehead atoms. The van der Waals surface area contributed by atoms with E-state index in [1.54, 1.807) is 19.2 Å². The highest BCUT2D eigenvalue weighted by atomic mass is 16.3. The molecule has 2 N–H and O–H groups in total. The molecule has 0 aliphatic carbocycles. The Morgan fingerprint density at radius 2 is 2.00 bits per heavy atom. The standard InChI is InChI=1S/C24H16N4O3/c1-11-17(29)6-5-14-19-22(31-21(11)14)18(16-10-25-27-23(16)26-19)15-9-13-4-2-3-12-7-8-28(20(12)13)24(15)30/h2-6,9-10H,7-8H2,1H3,(H2,25,26,27). The fourth-order valence-electron chi connectivity index (χ4n) is 4.98. The van der Waals surface area contributed by atoms with Gasteiger partial charge in [-0.25, -0.2) is 4.98 Å². The Kier molecular flexibility index (Phi) is 2.96. The highest BCUT2D eigenvalue weighted by Gasteiger charge is 2.24. The highest BCUT2D eigenvalue weighted by molar-refractivity contribution is 6.15. The van der Waals surface area contributed by atoms with Gasteiger partial charge in [-0.15, -0.1) is 0 Å². The Morgan fingerprint density at radius 1 is 1.10 bits per heavy atom. The molecule has 0 unspecified atom stereocenters. The van der Waals surface area contributed by atoms with E-state index in [9.17, 15) is 9.59 Å². The molecule has 150 valence electrons. The van der Waals surface area contributed by atoms with E-state index >= 15 is 0 Å². The third-order valence-corrected chi connectivity index (χ3v) is 6.48. The van der Waals surface area contributed by atoms with E-state index in [1.807, 2.05) is 22.8 Å². The summed E-state index contributed by atoms with van der Waals surface area (Å²) >= 11 is 0. The van der Waals surface area contributed by atoms with Crippen molar-refractivity contribution in [2.24, 2.45) is 0 Å². The predicted molar refractivity (Wildman–Crippen MR) is 120 cm³/mol. The van der Waals surface area contributed by atoms with Crippen LogP contribution in [0.3, 0.4) is 0 Å². The summed E-state index contributed by atoms with van der Waals surface area (Å²) in [6.45, 7) is 2.41. The second kappa shape index (κ2) is 5.51. The monoisotopic (exact) mass is 408 g/mol. The number of aryl methyl sites for hydroxylation is 3. The van der Waals surface area contributed by atoms with Gasteiger partial charge in [-0.2, -0.15) is 0 Å². The van der Waals surface area contributed by atoms with Gasteiger partial charge in [0.05, 0.1) is 11.1 Å². The van der Waals surface area contributed by atoms with E-state index in [0.29, 0.717) is 45.6 Å². The Hall–Kier alpha value is -4.13. The zero-order valence-corrected chi connectivity index (χ0v) is 16.6. The van der Waals surface area contributed by atoms with Crippen LogP contribution in [0.4, 0.5) is 0 Å². The van der Waals surface area contributed by atoms with E-state index in [4.69, 9.17) is 9.40 Å². The van der Waals surface area contributed by atoms with Crippen molar-refractivity contribution in [3.8, 4) is 11.1 Å². The maximum Gasteiger partial charge on any atom is 0.259 e. The first-order valence-corrected chi connectivity index (χ1v) is 10.2. The third-order valence-electron chi connectivity index (χ3n) is 6.48. The number of H-pyrrole nitrogens is 2. The molecule has 0 saturated heterocycles. The van der Waals surface area contributed by atoms with Crippen LogP contribution in [0.5, 0.6) is 0 Å². The summed E-state index contributed by atoms with van der Waals surface area (Å²) in [4.78, 5) is 30.6. The average Bonchev–Trinajstić information content (AvgIpc) is 3.49. The van der Waals surface area contributed by atoms with E-state index < -0.39 is 0 Å². The summed E-state index contributed by atoms with van der Waals surface area (Å²) in [5.41, 5.74) is 6.16. The molecule has 1 aliphatic heterocycles. The molecular weight excluding hydrogens is 392 g/mol. The summed E-state index contributed by atoms with van der Waals surface area (Å²) < 4.78 is 8.10. The molecule has 0 spiro atoms. The van der Waals surface area contributed by atoms with Crippen molar-refractivity contribution in [2.45, 2.75) is 19.9 Å². The largest absolute Gasteiger partial charge is 0.453 e. The number of rotatable bonds is 1. The number of hydrogen-bond acceptors (Lipinski definition) is 4. The van der Waals surface area contributed by atoms with Crippen LogP contribution in [-0.2, 0) is 13.0 Å². The van der Waals surface area contributed by atoms with Gasteiger partial charge in [-0.05, 0) is 42.5 Å². The van der Waals surface area contributed by atoms with Crippen molar-refractivity contribution in [3.05, 3.63) is 74.3 Å². The van der Waals surface area contributed by atoms with Crippen molar-refractivity contribution in [2.75, 3.05) is 0 Å². The lowest BCUT2D eigenvalue weighted by atomic mass is 10.0. The van der Waals surface area contributed by atoms with Gasteiger partial charge in [-0.3, -0.25) is 14.7 Å². The number of pyridine rings is 2. The molecule has 5 heterocycles. The zero-order chi connectivity index (χ0) is 20.9. The maximum absolute atomic E-state index is 13.6. The summed E-state index contributed by atoms with van der Waals surface area (Å²) in [5.74, 6) is 0. The van der Waals surface area contributed by atoms with E-state index in [1.165, 1.54) is 11.6 Å². The molecule has 0 amide bonds. The van der Waals surface area contributed by atoms with Crippen molar-refractivity contribution < 1.29 is 4.42 Å². The van der Waals surface area contributed by atoms with E-state index in [2.05, 4.69) is 16.3 Å². The molecule has 0 fully saturated rings. The normalized spacial score (nSPS) is 13.3. The lowest BCUT2D eigenvalue weighted by Gasteiger charge is -2.09. The second-order valence-corrected chi connectivity index (χ2v) is 8.13. The average molecular weight is 408 g/mol. The molecule has 4 aromatic heterocycles. The molecule has 0 saturated carbocycles. The van der Waals surface area contributed by atoms with Crippen LogP contribution in [0.2, 0.25) is 0 Å². The minimum atomic E-state index is -0.0847. The Bertz CT molecular complexity index is 1850. The van der Waals surface area contributed by atoms with Gasteiger partial charge in [0.1, 0.15) is 11.1 Å². The zero-order valence-electron chi connectivity index (χ0n) is 16.6. The number of aromatic amines is 2. The predicted octanol–water partition coefficient (Wildman–Crippen LogP) is 4.00. The van der Waals surface area contributed by atoms with Crippen molar-refractivity contribution in [1.29, 1.82) is 0 Å². The van der Waals surface area contributed by atoms with Crippen molar-refractivity contribution in [3.63, 3.8) is 0 Å². The van der Waals surface area contributed by atoms with Gasteiger partial charge < -0.3 is 14.1 Å². The summed E-state index contributed by atoms with van der Waals surface area (Å²) in [6, 6.07) is 11.4. The topological polar surface area (TPSA) is 96.7 Å². The lowest BCUT2D eigenvalue weighted by molar-refractivity contribution is 0.665. The summed E-state index contributed by atoms with van der Waals surface area (Å²) in [5, 5.41) is 8.59. The number of furan rings is 1. The van der Waals surface area contributed by atoms with Crippen LogP contribution in [0.25, 0.3) is 55.1 Å². The SMILES string of the molecule is Cc1c(=O)ccc2c1oc1c(-c3cc4cccc5c4n(c3=O)CC5)c3c[nH][nH]c3nc12. The smallest absolute Gasteiger partial charge is 0.259 e. The molecule has 7 nitrogen and oxygen atoms in total. The molecular formula is C24H16N4O3. The number of nitrogens with one attached hydrogen (secondary N) is 2. The quantitative estimate of drug-likeness (QED) is 0.430. The Labute approximate surface area is 173 Å². The number of para-hydroxylation sites is 1. The highest BCUT2D eigenvalue weighted by Crippen LogP contribution is 2.39. The van der Waals surface area contributed by atoms with Gasteiger partial charge >= 0.3 is 0 Å². The van der Waals surface area contributed by atoms with Crippen molar-refractivity contribution >= 4 is 44.0 Å². The molecule has 1 aliphatic rings. The molecule has 2 aromatic carbocycles. The second-order valence-electron chi connectivity index (χ2n) is 8.13. The van der Waals surface area contributed by atoms with Gasteiger partial charge in [0, 0.05) is 34.6 Å². The minimum absolute atomic E-state index is 0.0471. The van der Waals surface area contributed by atoms with E-state index in [0.717, 1.165) is 28.1 Å². The number of fused-ring (bicyclic) bond motifs is 4. The van der Waals surface area contributed by atoms with Crippen molar-refractivity contribution in [1.82, 2.24) is 19.7 Å². The number of benzene rings is 2. The van der Waals surface area contributed by atoms with Crippen LogP contribution in [0, 0.1) is 6.92 Å². The maximum atomic E-state index is 13.6. The van der Waals surface area contributed by atoms with Crippen LogP contribution >= 0.6 is 0 Å². The first kappa shape index (κ1) is 16.6. The van der Waals surface area contributed by atoms with Gasteiger partial charge in [-0.1, -0.05) is 18.2 Å². The fourth-order valence-corrected chi connectivity index (χ4v) is 4.98.